The van der Waals surface area contributed by atoms with Crippen LogP contribution in [0.25, 0.3) is 10.9 Å². The summed E-state index contributed by atoms with van der Waals surface area (Å²) >= 11 is 5.12. The van der Waals surface area contributed by atoms with Crippen LogP contribution in [0.15, 0.2) is 47.3 Å². The van der Waals surface area contributed by atoms with Gasteiger partial charge >= 0.3 is 0 Å². The summed E-state index contributed by atoms with van der Waals surface area (Å²) < 4.78 is 1.62. The largest absolute Gasteiger partial charge is 0.349 e. The molecule has 7 nitrogen and oxygen atoms in total. The number of fused-ring (bicyclic) bond motifs is 1. The molecular formula is C20H18N4O3S. The first-order chi connectivity index (χ1) is 13.4. The van der Waals surface area contributed by atoms with Crippen LogP contribution in [0.5, 0.6) is 0 Å². The Labute approximate surface area is 165 Å². The lowest BCUT2D eigenvalue weighted by Crippen LogP contribution is -2.25. The van der Waals surface area contributed by atoms with Crippen molar-refractivity contribution in [2.24, 2.45) is 7.05 Å². The van der Waals surface area contributed by atoms with Gasteiger partial charge in [-0.05, 0) is 61.5 Å². The minimum absolute atomic E-state index is 0.146. The van der Waals surface area contributed by atoms with Crippen molar-refractivity contribution in [1.29, 1.82) is 0 Å². The number of nitrogens with zero attached hydrogens (tertiary/aromatic N) is 1. The van der Waals surface area contributed by atoms with Crippen molar-refractivity contribution in [3.8, 4) is 0 Å². The van der Waals surface area contributed by atoms with Crippen molar-refractivity contribution in [2.45, 2.75) is 18.9 Å². The molecule has 0 radical (unpaired) electrons. The molecule has 142 valence electrons. The summed E-state index contributed by atoms with van der Waals surface area (Å²) in [4.78, 5) is 40.0. The number of aromatic nitrogens is 2. The minimum atomic E-state index is -0.346. The van der Waals surface area contributed by atoms with Gasteiger partial charge in [0.25, 0.3) is 17.4 Å². The lowest BCUT2D eigenvalue weighted by molar-refractivity contribution is 0.0949. The summed E-state index contributed by atoms with van der Waals surface area (Å²) in [6.45, 7) is 0. The molecule has 0 aliphatic heterocycles. The van der Waals surface area contributed by atoms with Crippen LogP contribution in [0.3, 0.4) is 0 Å². The number of benzene rings is 2. The van der Waals surface area contributed by atoms with Gasteiger partial charge in [-0.1, -0.05) is 6.07 Å². The summed E-state index contributed by atoms with van der Waals surface area (Å²) in [6.07, 6.45) is 2.02. The molecule has 1 aliphatic carbocycles. The molecule has 2 aromatic carbocycles. The molecule has 28 heavy (non-hydrogen) atoms. The molecule has 4 rings (SSSR count). The monoisotopic (exact) mass is 394 g/mol. The number of carbonyl (C=O) groups is 2. The fourth-order valence-corrected chi connectivity index (χ4v) is 3.08. The molecule has 0 unspecified atom stereocenters. The molecule has 1 aromatic heterocycles. The molecule has 0 saturated heterocycles. The van der Waals surface area contributed by atoms with Crippen LogP contribution in [0.2, 0.25) is 0 Å². The second-order valence-electron chi connectivity index (χ2n) is 6.84. The van der Waals surface area contributed by atoms with Crippen molar-refractivity contribution in [3.05, 3.63) is 68.7 Å². The van der Waals surface area contributed by atoms with E-state index in [1.165, 1.54) is 4.57 Å². The Morgan fingerprint density at radius 3 is 2.61 bits per heavy atom. The average molecular weight is 394 g/mol. The normalized spacial score (nSPS) is 13.3. The van der Waals surface area contributed by atoms with Gasteiger partial charge in [-0.3, -0.25) is 19.0 Å². The number of carbonyl (C=O) groups excluding carboxylic acids is 2. The van der Waals surface area contributed by atoms with Gasteiger partial charge in [-0.25, -0.2) is 0 Å². The SMILES string of the molecule is Cn1c(=S)[nH]c2cc(C(=O)Nc3cccc(C(=O)NC4CC4)c3)ccc2c1=O. The van der Waals surface area contributed by atoms with Crippen LogP contribution in [-0.4, -0.2) is 27.4 Å². The summed E-state index contributed by atoms with van der Waals surface area (Å²) in [7, 11) is 1.59. The van der Waals surface area contributed by atoms with E-state index in [9.17, 15) is 14.4 Å². The predicted octanol–water partition coefficient (Wildman–Crippen LogP) is 2.74. The van der Waals surface area contributed by atoms with Crippen LogP contribution in [0, 0.1) is 4.77 Å². The first-order valence-electron chi connectivity index (χ1n) is 8.88. The number of rotatable bonds is 4. The highest BCUT2D eigenvalue weighted by molar-refractivity contribution is 7.71. The van der Waals surface area contributed by atoms with Crippen LogP contribution in [0.4, 0.5) is 5.69 Å². The zero-order valence-corrected chi connectivity index (χ0v) is 15.9. The van der Waals surface area contributed by atoms with E-state index in [0.29, 0.717) is 27.7 Å². The second-order valence-corrected chi connectivity index (χ2v) is 7.22. The maximum atomic E-state index is 12.6. The van der Waals surface area contributed by atoms with Crippen molar-refractivity contribution in [1.82, 2.24) is 14.9 Å². The highest BCUT2D eigenvalue weighted by atomic mass is 32.1. The third kappa shape index (κ3) is 3.59. The number of amides is 2. The fourth-order valence-electron chi connectivity index (χ4n) is 2.89. The van der Waals surface area contributed by atoms with Gasteiger partial charge in [-0.15, -0.1) is 0 Å². The maximum absolute atomic E-state index is 12.6. The molecule has 1 fully saturated rings. The van der Waals surface area contributed by atoms with Crippen LogP contribution < -0.4 is 16.2 Å². The minimum Gasteiger partial charge on any atom is -0.349 e. The van der Waals surface area contributed by atoms with Gasteiger partial charge in [0.2, 0.25) is 0 Å². The van der Waals surface area contributed by atoms with E-state index in [4.69, 9.17) is 12.2 Å². The fraction of sp³-hybridized carbons (Fsp3) is 0.200. The Balaban J connectivity index is 1.58. The molecule has 8 heteroatoms. The quantitative estimate of drug-likeness (QED) is 0.593. The molecular weight excluding hydrogens is 376 g/mol. The number of nitrogens with one attached hydrogen (secondary N) is 3. The summed E-state index contributed by atoms with van der Waals surface area (Å²) in [5, 5.41) is 6.16. The van der Waals surface area contributed by atoms with Crippen molar-refractivity contribution in [2.75, 3.05) is 5.32 Å². The lowest BCUT2D eigenvalue weighted by atomic mass is 10.1. The zero-order chi connectivity index (χ0) is 19.8. The van der Waals surface area contributed by atoms with Crippen molar-refractivity contribution >= 4 is 40.6 Å². The molecule has 0 atom stereocenters. The van der Waals surface area contributed by atoms with Crippen LogP contribution in [0.1, 0.15) is 33.6 Å². The zero-order valence-electron chi connectivity index (χ0n) is 15.1. The Kier molecular flexibility index (Phi) is 4.56. The number of aromatic amines is 1. The number of hydrogen-bond acceptors (Lipinski definition) is 4. The van der Waals surface area contributed by atoms with Crippen molar-refractivity contribution in [3.63, 3.8) is 0 Å². The standard InChI is InChI=1S/C20H18N4O3S/c1-24-19(27)15-8-5-12(10-16(15)23-20(24)28)18(26)22-14-4-2-3-11(9-14)17(25)21-13-6-7-13/h2-5,8-10,13H,6-7H2,1H3,(H,21,25)(H,22,26)(H,23,28). The molecule has 1 aliphatic rings. The maximum Gasteiger partial charge on any atom is 0.261 e. The van der Waals surface area contributed by atoms with Crippen LogP contribution >= 0.6 is 12.2 Å². The van der Waals surface area contributed by atoms with Gasteiger partial charge in [0.05, 0.1) is 10.9 Å². The predicted molar refractivity (Wildman–Crippen MR) is 109 cm³/mol. The molecule has 2 amide bonds. The smallest absolute Gasteiger partial charge is 0.261 e. The molecule has 3 N–H and O–H groups in total. The first-order valence-corrected chi connectivity index (χ1v) is 9.28. The van der Waals surface area contributed by atoms with E-state index in [1.807, 2.05) is 0 Å². The van der Waals surface area contributed by atoms with Gasteiger partial charge in [0.1, 0.15) is 0 Å². The van der Waals surface area contributed by atoms with E-state index in [0.717, 1.165) is 12.8 Å². The topological polar surface area (TPSA) is 96.0 Å². The Hall–Kier alpha value is -3.26. The number of anilines is 1. The van der Waals surface area contributed by atoms with Crippen LogP contribution in [-0.2, 0) is 7.05 Å². The Bertz CT molecular complexity index is 1220. The van der Waals surface area contributed by atoms with E-state index < -0.39 is 0 Å². The second kappa shape index (κ2) is 7.05. The van der Waals surface area contributed by atoms with E-state index >= 15 is 0 Å². The molecule has 0 spiro atoms. The lowest BCUT2D eigenvalue weighted by Gasteiger charge is -2.09. The van der Waals surface area contributed by atoms with Gasteiger partial charge < -0.3 is 15.6 Å². The van der Waals surface area contributed by atoms with Gasteiger partial charge in [0.15, 0.2) is 4.77 Å². The molecule has 0 bridgehead atoms. The number of H-pyrrole nitrogens is 1. The molecule has 1 saturated carbocycles. The van der Waals surface area contributed by atoms with E-state index in [1.54, 1.807) is 49.5 Å². The molecule has 1 heterocycles. The summed E-state index contributed by atoms with van der Waals surface area (Å²) in [6, 6.07) is 11.8. The Morgan fingerprint density at radius 1 is 1.11 bits per heavy atom. The highest BCUT2D eigenvalue weighted by Gasteiger charge is 2.23. The first kappa shape index (κ1) is 18.1. The van der Waals surface area contributed by atoms with E-state index in [-0.39, 0.29) is 28.2 Å². The van der Waals surface area contributed by atoms with Gasteiger partial charge in [-0.2, -0.15) is 0 Å². The van der Waals surface area contributed by atoms with Gasteiger partial charge in [0, 0.05) is 29.9 Å². The number of hydrogen-bond donors (Lipinski definition) is 3. The van der Waals surface area contributed by atoms with Crippen molar-refractivity contribution < 1.29 is 9.59 Å². The third-order valence-electron chi connectivity index (χ3n) is 4.66. The Morgan fingerprint density at radius 2 is 1.86 bits per heavy atom. The third-order valence-corrected chi connectivity index (χ3v) is 5.03. The van der Waals surface area contributed by atoms with E-state index in [2.05, 4.69) is 15.6 Å². The highest BCUT2D eigenvalue weighted by Crippen LogP contribution is 2.20. The summed E-state index contributed by atoms with van der Waals surface area (Å²) in [5.74, 6) is -0.491. The average Bonchev–Trinajstić information content (AvgIpc) is 3.50. The summed E-state index contributed by atoms with van der Waals surface area (Å²) in [5.41, 5.74) is 1.67. The molecule has 3 aromatic rings.